The molecule has 76 valence electrons. The first kappa shape index (κ1) is 9.80. The number of rotatable bonds is 1. The second-order valence-electron chi connectivity index (χ2n) is 3.17. The Morgan fingerprint density at radius 2 is 1.93 bits per heavy atom. The van der Waals surface area contributed by atoms with Crippen LogP contribution in [-0.4, -0.2) is 4.98 Å². The van der Waals surface area contributed by atoms with Crippen LogP contribution in [0.3, 0.4) is 0 Å². The maximum atomic E-state index is 11.2. The van der Waals surface area contributed by atoms with Crippen LogP contribution in [0.2, 0.25) is 5.02 Å². The molecule has 1 aromatic carbocycles. The van der Waals surface area contributed by atoms with Gasteiger partial charge in [0, 0.05) is 22.3 Å². The highest BCUT2D eigenvalue weighted by molar-refractivity contribution is 6.33. The predicted octanol–water partition coefficient (Wildman–Crippen LogP) is 2.28. The van der Waals surface area contributed by atoms with E-state index in [9.17, 15) is 4.79 Å². The van der Waals surface area contributed by atoms with Gasteiger partial charge in [-0.2, -0.15) is 0 Å². The third-order valence-corrected chi connectivity index (χ3v) is 2.36. The molecule has 0 radical (unpaired) electrons. The zero-order valence-electron chi connectivity index (χ0n) is 7.83. The van der Waals surface area contributed by atoms with Gasteiger partial charge < -0.3 is 10.7 Å². The molecule has 0 fully saturated rings. The molecule has 0 atom stereocenters. The quantitative estimate of drug-likeness (QED) is 0.775. The average molecular weight is 221 g/mol. The number of nitrogen functional groups attached to an aromatic ring is 1. The van der Waals surface area contributed by atoms with Crippen molar-refractivity contribution in [3.63, 3.8) is 0 Å². The first-order chi connectivity index (χ1) is 7.16. The number of nitrogens with one attached hydrogen (secondary N) is 1. The minimum atomic E-state index is -0.232. The van der Waals surface area contributed by atoms with E-state index in [4.69, 9.17) is 17.3 Å². The van der Waals surface area contributed by atoms with Crippen molar-refractivity contribution in [3.05, 3.63) is 51.8 Å². The van der Waals surface area contributed by atoms with Crippen LogP contribution in [0.5, 0.6) is 0 Å². The summed E-state index contributed by atoms with van der Waals surface area (Å²) < 4.78 is 0. The molecule has 15 heavy (non-hydrogen) atoms. The Kier molecular flexibility index (Phi) is 2.47. The topological polar surface area (TPSA) is 58.9 Å². The summed E-state index contributed by atoms with van der Waals surface area (Å²) in [6.45, 7) is 0. The minimum absolute atomic E-state index is 0.232. The van der Waals surface area contributed by atoms with Gasteiger partial charge in [0.2, 0.25) is 5.56 Å². The molecule has 3 N–H and O–H groups in total. The molecule has 0 unspecified atom stereocenters. The van der Waals surface area contributed by atoms with E-state index in [1.807, 2.05) is 18.2 Å². The lowest BCUT2D eigenvalue weighted by molar-refractivity contribution is 1.24. The molecule has 0 aliphatic heterocycles. The third kappa shape index (κ3) is 2.02. The Morgan fingerprint density at radius 3 is 2.60 bits per heavy atom. The summed E-state index contributed by atoms with van der Waals surface area (Å²) in [5.41, 5.74) is 7.17. The van der Waals surface area contributed by atoms with E-state index < -0.39 is 0 Å². The van der Waals surface area contributed by atoms with Gasteiger partial charge in [-0.05, 0) is 12.1 Å². The van der Waals surface area contributed by atoms with Crippen LogP contribution < -0.4 is 11.3 Å². The number of aromatic nitrogens is 1. The van der Waals surface area contributed by atoms with Crippen molar-refractivity contribution < 1.29 is 0 Å². The molecule has 2 rings (SSSR count). The van der Waals surface area contributed by atoms with Gasteiger partial charge in [0.25, 0.3) is 0 Å². The monoisotopic (exact) mass is 220 g/mol. The number of anilines is 1. The minimum Gasteiger partial charge on any atom is -0.399 e. The van der Waals surface area contributed by atoms with Crippen molar-refractivity contribution >= 4 is 17.3 Å². The standard InChI is InChI=1S/C11H9ClN2O/c12-9-4-2-1-3-8(9)10-5-7(13)6-11(15)14-10/h1-6H,(H3,13,14,15). The number of halogens is 1. The van der Waals surface area contributed by atoms with Gasteiger partial charge in [0.05, 0.1) is 5.69 Å². The predicted molar refractivity (Wildman–Crippen MR) is 61.9 cm³/mol. The van der Waals surface area contributed by atoms with Crippen LogP contribution in [0.15, 0.2) is 41.2 Å². The normalized spacial score (nSPS) is 10.2. The van der Waals surface area contributed by atoms with Crippen molar-refractivity contribution in [2.24, 2.45) is 0 Å². The highest BCUT2D eigenvalue weighted by Crippen LogP contribution is 2.25. The molecule has 1 aromatic heterocycles. The molecule has 4 heteroatoms. The van der Waals surface area contributed by atoms with Crippen LogP contribution >= 0.6 is 11.6 Å². The number of H-pyrrole nitrogens is 1. The second-order valence-corrected chi connectivity index (χ2v) is 3.58. The third-order valence-electron chi connectivity index (χ3n) is 2.03. The van der Waals surface area contributed by atoms with Gasteiger partial charge in [-0.3, -0.25) is 4.79 Å². The van der Waals surface area contributed by atoms with Gasteiger partial charge >= 0.3 is 0 Å². The number of hydrogen-bond acceptors (Lipinski definition) is 2. The molecule has 0 saturated heterocycles. The molecule has 0 aliphatic rings. The van der Waals surface area contributed by atoms with E-state index in [0.29, 0.717) is 16.4 Å². The highest BCUT2D eigenvalue weighted by Gasteiger charge is 2.03. The second kappa shape index (κ2) is 3.79. The molecular formula is C11H9ClN2O. The van der Waals surface area contributed by atoms with E-state index in [1.54, 1.807) is 12.1 Å². The molecule has 0 bridgehead atoms. The van der Waals surface area contributed by atoms with Crippen LogP contribution in [0.25, 0.3) is 11.3 Å². The van der Waals surface area contributed by atoms with Crippen molar-refractivity contribution in [1.82, 2.24) is 4.98 Å². The van der Waals surface area contributed by atoms with Crippen LogP contribution in [0, 0.1) is 0 Å². The zero-order chi connectivity index (χ0) is 10.8. The summed E-state index contributed by atoms with van der Waals surface area (Å²) in [5, 5.41) is 0.582. The number of hydrogen-bond donors (Lipinski definition) is 2. The van der Waals surface area contributed by atoms with Crippen molar-refractivity contribution in [2.75, 3.05) is 5.73 Å². The smallest absolute Gasteiger partial charge is 0.250 e. The molecule has 3 nitrogen and oxygen atoms in total. The molecule has 0 amide bonds. The summed E-state index contributed by atoms with van der Waals surface area (Å²) in [7, 11) is 0. The lowest BCUT2D eigenvalue weighted by Crippen LogP contribution is -2.06. The summed E-state index contributed by atoms with van der Waals surface area (Å²) in [5.74, 6) is 0. The number of aromatic amines is 1. The Bertz CT molecular complexity index is 548. The number of benzene rings is 1. The van der Waals surface area contributed by atoms with Crippen molar-refractivity contribution in [3.8, 4) is 11.3 Å². The highest BCUT2D eigenvalue weighted by atomic mass is 35.5. The fraction of sp³-hybridized carbons (Fsp3) is 0. The van der Waals surface area contributed by atoms with Crippen LogP contribution in [0.4, 0.5) is 5.69 Å². The molecule has 2 aromatic rings. The Balaban J connectivity index is 2.64. The zero-order valence-corrected chi connectivity index (χ0v) is 8.58. The van der Waals surface area contributed by atoms with Crippen molar-refractivity contribution in [2.45, 2.75) is 0 Å². The van der Waals surface area contributed by atoms with E-state index in [2.05, 4.69) is 4.98 Å². The van der Waals surface area contributed by atoms with Gasteiger partial charge in [-0.15, -0.1) is 0 Å². The number of nitrogens with two attached hydrogens (primary N) is 1. The summed E-state index contributed by atoms with van der Waals surface area (Å²) in [4.78, 5) is 13.9. The van der Waals surface area contributed by atoms with Crippen LogP contribution in [-0.2, 0) is 0 Å². The largest absolute Gasteiger partial charge is 0.399 e. The van der Waals surface area contributed by atoms with Crippen molar-refractivity contribution in [1.29, 1.82) is 0 Å². The lowest BCUT2D eigenvalue weighted by atomic mass is 10.1. The molecule has 1 heterocycles. The summed E-state index contributed by atoms with van der Waals surface area (Å²) in [6.07, 6.45) is 0. The maximum absolute atomic E-state index is 11.2. The summed E-state index contributed by atoms with van der Waals surface area (Å²) in [6, 6.07) is 10.3. The van der Waals surface area contributed by atoms with Gasteiger partial charge in [-0.1, -0.05) is 29.8 Å². The summed E-state index contributed by atoms with van der Waals surface area (Å²) >= 11 is 6.00. The average Bonchev–Trinajstić information content (AvgIpc) is 2.16. The molecule has 0 aliphatic carbocycles. The Labute approximate surface area is 91.5 Å². The van der Waals surface area contributed by atoms with Gasteiger partial charge in [0.15, 0.2) is 0 Å². The van der Waals surface area contributed by atoms with E-state index >= 15 is 0 Å². The van der Waals surface area contributed by atoms with Gasteiger partial charge in [0.1, 0.15) is 0 Å². The van der Waals surface area contributed by atoms with Crippen LogP contribution in [0.1, 0.15) is 0 Å². The Hall–Kier alpha value is -1.74. The fourth-order valence-electron chi connectivity index (χ4n) is 1.39. The fourth-order valence-corrected chi connectivity index (χ4v) is 1.63. The molecule has 0 saturated carbocycles. The molecular weight excluding hydrogens is 212 g/mol. The molecule has 0 spiro atoms. The number of pyridine rings is 1. The van der Waals surface area contributed by atoms with E-state index in [-0.39, 0.29) is 5.56 Å². The van der Waals surface area contributed by atoms with E-state index in [0.717, 1.165) is 5.56 Å². The first-order valence-electron chi connectivity index (χ1n) is 4.41. The lowest BCUT2D eigenvalue weighted by Gasteiger charge is -2.04. The van der Waals surface area contributed by atoms with Gasteiger partial charge in [-0.25, -0.2) is 0 Å². The first-order valence-corrected chi connectivity index (χ1v) is 4.79. The Morgan fingerprint density at radius 1 is 1.20 bits per heavy atom. The SMILES string of the molecule is Nc1cc(-c2ccccc2Cl)[nH]c(=O)c1. The maximum Gasteiger partial charge on any atom is 0.250 e. The van der Waals surface area contributed by atoms with E-state index in [1.165, 1.54) is 6.07 Å².